The zero-order valence-corrected chi connectivity index (χ0v) is 19.4. The molecule has 28 heavy (non-hydrogen) atoms. The third-order valence-corrected chi connectivity index (χ3v) is 11.8. The Morgan fingerprint density at radius 3 is 2.25 bits per heavy atom. The zero-order chi connectivity index (χ0) is 21.4. The molecule has 0 saturated heterocycles. The molecule has 1 aromatic rings. The van der Waals surface area contributed by atoms with Crippen LogP contribution in [0, 0.1) is 5.92 Å². The molecule has 0 aromatic heterocycles. The summed E-state index contributed by atoms with van der Waals surface area (Å²) in [6, 6.07) is 7.66. The maximum atomic E-state index is 12.8. The predicted molar refractivity (Wildman–Crippen MR) is 110 cm³/mol. The van der Waals surface area contributed by atoms with Crippen molar-refractivity contribution in [3.05, 3.63) is 30.3 Å². The van der Waals surface area contributed by atoms with Crippen LogP contribution in [0.2, 0.25) is 18.1 Å². The first-order valence-electron chi connectivity index (χ1n) is 9.60. The molecule has 8 heteroatoms. The highest BCUT2D eigenvalue weighted by Crippen LogP contribution is 2.43. The lowest BCUT2D eigenvalue weighted by Crippen LogP contribution is -2.54. The highest BCUT2D eigenvalue weighted by atomic mass is 32.2. The fourth-order valence-electron chi connectivity index (χ4n) is 3.44. The van der Waals surface area contributed by atoms with Gasteiger partial charge in [0.05, 0.1) is 4.90 Å². The normalized spacial score (nSPS) is 26.8. The van der Waals surface area contributed by atoms with Crippen LogP contribution < -0.4 is 0 Å². The number of aliphatic carboxylic acids is 1. The van der Waals surface area contributed by atoms with Crippen molar-refractivity contribution in [3.63, 3.8) is 0 Å². The van der Waals surface area contributed by atoms with Gasteiger partial charge in [-0.3, -0.25) is 0 Å². The molecule has 0 amide bonds. The van der Waals surface area contributed by atoms with Crippen LogP contribution in [0.25, 0.3) is 0 Å². The fraction of sp³-hybridized carbons (Fsp3) is 0.650. The van der Waals surface area contributed by atoms with Crippen molar-refractivity contribution in [2.75, 3.05) is 0 Å². The van der Waals surface area contributed by atoms with E-state index in [1.165, 1.54) is 12.1 Å². The number of carboxylic acid groups (broad SMARTS) is 1. The van der Waals surface area contributed by atoms with E-state index in [-0.39, 0.29) is 34.8 Å². The number of rotatable bonds is 6. The molecule has 2 rings (SSSR count). The van der Waals surface area contributed by atoms with Gasteiger partial charge >= 0.3 is 5.97 Å². The van der Waals surface area contributed by atoms with Gasteiger partial charge in [-0.05, 0) is 49.0 Å². The van der Waals surface area contributed by atoms with Crippen LogP contribution in [0.15, 0.2) is 35.2 Å². The Bertz CT molecular complexity index is 800. The van der Waals surface area contributed by atoms with Crippen molar-refractivity contribution in [1.82, 2.24) is 0 Å². The van der Waals surface area contributed by atoms with Gasteiger partial charge in [0, 0.05) is 12.5 Å². The molecule has 1 saturated carbocycles. The quantitative estimate of drug-likeness (QED) is 0.533. The van der Waals surface area contributed by atoms with Crippen molar-refractivity contribution in [2.45, 2.75) is 81.7 Å². The zero-order valence-electron chi connectivity index (χ0n) is 17.6. The number of carbonyl (C=O) groups is 1. The molecule has 0 heterocycles. The number of hydrogen-bond donors (Lipinski definition) is 1. The second kappa shape index (κ2) is 7.89. The largest absolute Gasteiger partial charge is 0.479 e. The number of benzene rings is 1. The molecule has 1 aromatic carbocycles. The Morgan fingerprint density at radius 1 is 1.18 bits per heavy atom. The summed E-state index contributed by atoms with van der Waals surface area (Å²) in [5, 5.41) is 9.93. The van der Waals surface area contributed by atoms with Crippen molar-refractivity contribution >= 4 is 24.4 Å². The Balaban J connectivity index is 2.34. The van der Waals surface area contributed by atoms with Crippen LogP contribution in [-0.4, -0.2) is 39.5 Å². The molecule has 0 unspecified atom stereocenters. The van der Waals surface area contributed by atoms with Crippen molar-refractivity contribution in [1.29, 1.82) is 0 Å². The molecule has 0 radical (unpaired) electrons. The van der Waals surface area contributed by atoms with Crippen LogP contribution in [0.5, 0.6) is 0 Å². The van der Waals surface area contributed by atoms with E-state index in [0.717, 1.165) is 0 Å². The van der Waals surface area contributed by atoms with E-state index in [0.29, 0.717) is 6.42 Å². The average Bonchev–Trinajstić information content (AvgIpc) is 2.53. The van der Waals surface area contributed by atoms with E-state index in [9.17, 15) is 18.3 Å². The lowest BCUT2D eigenvalue weighted by molar-refractivity contribution is -0.163. The highest BCUT2D eigenvalue weighted by Gasteiger charge is 2.52. The summed E-state index contributed by atoms with van der Waals surface area (Å²) < 4.78 is 37.4. The van der Waals surface area contributed by atoms with E-state index < -0.39 is 30.0 Å². The van der Waals surface area contributed by atoms with Crippen molar-refractivity contribution < 1.29 is 26.9 Å². The minimum absolute atomic E-state index is 0.0191. The number of hydrogen-bond acceptors (Lipinski definition) is 5. The second-order valence-electron chi connectivity index (χ2n) is 9.40. The van der Waals surface area contributed by atoms with Crippen LogP contribution in [0.3, 0.4) is 0 Å². The van der Waals surface area contributed by atoms with Crippen LogP contribution >= 0.6 is 0 Å². The Kier molecular flexibility index (Phi) is 6.50. The first-order valence-corrected chi connectivity index (χ1v) is 13.9. The van der Waals surface area contributed by atoms with E-state index in [1.54, 1.807) is 18.2 Å². The third kappa shape index (κ3) is 5.03. The van der Waals surface area contributed by atoms with Gasteiger partial charge in [0.25, 0.3) is 10.1 Å². The summed E-state index contributed by atoms with van der Waals surface area (Å²) in [5.41, 5.74) is -1.82. The maximum Gasteiger partial charge on any atom is 0.337 e. The molecule has 0 spiro atoms. The van der Waals surface area contributed by atoms with E-state index in [2.05, 4.69) is 33.9 Å². The highest BCUT2D eigenvalue weighted by molar-refractivity contribution is 7.86. The lowest BCUT2D eigenvalue weighted by Gasteiger charge is -2.45. The topological polar surface area (TPSA) is 89.9 Å². The predicted octanol–water partition coefficient (Wildman–Crippen LogP) is 4.43. The molecule has 1 aliphatic carbocycles. The Hall–Kier alpha value is -1.22. The fourth-order valence-corrected chi connectivity index (χ4v) is 6.02. The summed E-state index contributed by atoms with van der Waals surface area (Å²) in [6.07, 6.45) is 0.486. The van der Waals surface area contributed by atoms with Gasteiger partial charge in [0.2, 0.25) is 0 Å². The third-order valence-electron chi connectivity index (χ3n) is 5.86. The molecule has 6 nitrogen and oxygen atoms in total. The van der Waals surface area contributed by atoms with Gasteiger partial charge in [0.15, 0.2) is 13.9 Å². The van der Waals surface area contributed by atoms with Gasteiger partial charge in [-0.15, -0.1) is 0 Å². The molecule has 1 aliphatic rings. The second-order valence-corrected chi connectivity index (χ2v) is 15.7. The van der Waals surface area contributed by atoms with Gasteiger partial charge in [-0.2, -0.15) is 8.42 Å². The molecule has 158 valence electrons. The molecular weight excluding hydrogens is 396 g/mol. The summed E-state index contributed by atoms with van der Waals surface area (Å²) in [6.45, 7) is 12.5. The molecule has 0 bridgehead atoms. The van der Waals surface area contributed by atoms with Crippen LogP contribution in [-0.2, 0) is 23.5 Å². The van der Waals surface area contributed by atoms with E-state index >= 15 is 0 Å². The molecule has 3 atom stereocenters. The number of carboxylic acids is 1. The first-order chi connectivity index (χ1) is 12.7. The molecule has 1 fully saturated rings. The average molecular weight is 429 g/mol. The first kappa shape index (κ1) is 23.1. The lowest BCUT2D eigenvalue weighted by atomic mass is 9.77. The van der Waals surface area contributed by atoms with Crippen molar-refractivity contribution in [2.24, 2.45) is 5.92 Å². The monoisotopic (exact) mass is 428 g/mol. The SMILES string of the molecule is C[C@H]1C[C@@H](O[Si](C)(C)C(C)(C)C)C[C@](OS(=O)(=O)c2ccccc2)(C(=O)O)C1. The van der Waals surface area contributed by atoms with Gasteiger partial charge in [0.1, 0.15) is 0 Å². The van der Waals surface area contributed by atoms with E-state index in [4.69, 9.17) is 8.61 Å². The summed E-state index contributed by atoms with van der Waals surface area (Å²) in [4.78, 5) is 12.2. The van der Waals surface area contributed by atoms with Crippen LogP contribution in [0.4, 0.5) is 0 Å². The minimum Gasteiger partial charge on any atom is -0.479 e. The van der Waals surface area contributed by atoms with Gasteiger partial charge in [-0.25, -0.2) is 8.98 Å². The minimum atomic E-state index is -4.21. The maximum absolute atomic E-state index is 12.8. The smallest absolute Gasteiger partial charge is 0.337 e. The standard InChI is InChI=1S/C20H32O6SSi/c1-15-12-16(25-28(5,6)19(2,3)4)14-20(13-15,18(21)22)26-27(23,24)17-10-8-7-9-11-17/h7-11,15-16H,12-14H2,1-6H3,(H,21,22)/t15-,16+,20-/m0/s1. The summed E-state index contributed by atoms with van der Waals surface area (Å²) >= 11 is 0. The Labute approximate surface area is 169 Å². The van der Waals surface area contributed by atoms with E-state index in [1.807, 2.05) is 6.92 Å². The molecule has 1 N–H and O–H groups in total. The molecule has 0 aliphatic heterocycles. The van der Waals surface area contributed by atoms with Gasteiger partial charge in [-0.1, -0.05) is 45.9 Å². The van der Waals surface area contributed by atoms with Crippen molar-refractivity contribution in [3.8, 4) is 0 Å². The molecular formula is C20H32O6SSi. The van der Waals surface area contributed by atoms with Gasteiger partial charge < -0.3 is 9.53 Å². The Morgan fingerprint density at radius 2 is 1.75 bits per heavy atom. The summed E-state index contributed by atoms with van der Waals surface area (Å²) in [5.74, 6) is -1.30. The van der Waals surface area contributed by atoms with Crippen LogP contribution in [0.1, 0.15) is 47.0 Å². The summed E-state index contributed by atoms with van der Waals surface area (Å²) in [7, 11) is -6.35.